The third kappa shape index (κ3) is 6.18. The number of hydrogen-bond donors (Lipinski definition) is 1. The molecule has 28 heavy (non-hydrogen) atoms. The molecule has 1 aromatic heterocycles. The SMILES string of the molecule is CCCCCN(CC)CC.Nc1nc(-c2ccccc2)nc2c(Cl)cccc12. The Hall–Kier alpha value is -2.17. The highest BCUT2D eigenvalue weighted by molar-refractivity contribution is 6.35. The summed E-state index contributed by atoms with van der Waals surface area (Å²) in [6.45, 7) is 10.4. The van der Waals surface area contributed by atoms with Gasteiger partial charge in [0.2, 0.25) is 0 Å². The number of halogens is 1. The van der Waals surface area contributed by atoms with Crippen LogP contribution < -0.4 is 5.73 Å². The van der Waals surface area contributed by atoms with E-state index in [1.54, 1.807) is 6.07 Å². The van der Waals surface area contributed by atoms with Crippen molar-refractivity contribution in [3.63, 3.8) is 0 Å². The lowest BCUT2D eigenvalue weighted by Crippen LogP contribution is -2.23. The lowest BCUT2D eigenvalue weighted by atomic mass is 10.2. The largest absolute Gasteiger partial charge is 0.383 e. The van der Waals surface area contributed by atoms with Crippen LogP contribution in [0.25, 0.3) is 22.3 Å². The molecule has 0 bridgehead atoms. The van der Waals surface area contributed by atoms with Crippen LogP contribution in [0.1, 0.15) is 40.0 Å². The van der Waals surface area contributed by atoms with Gasteiger partial charge in [-0.2, -0.15) is 0 Å². The van der Waals surface area contributed by atoms with Gasteiger partial charge in [-0.05, 0) is 38.2 Å². The van der Waals surface area contributed by atoms with Crippen molar-refractivity contribution >= 4 is 28.3 Å². The molecular formula is C23H31ClN4. The second-order valence-corrected chi connectivity index (χ2v) is 7.08. The average Bonchev–Trinajstić information content (AvgIpc) is 2.73. The number of nitrogens with zero attached hydrogens (tertiary/aromatic N) is 3. The minimum Gasteiger partial charge on any atom is -0.383 e. The van der Waals surface area contributed by atoms with E-state index in [1.807, 2.05) is 42.5 Å². The summed E-state index contributed by atoms with van der Waals surface area (Å²) in [5.41, 5.74) is 7.56. The van der Waals surface area contributed by atoms with Crippen LogP contribution in [0.5, 0.6) is 0 Å². The topological polar surface area (TPSA) is 55.0 Å². The highest BCUT2D eigenvalue weighted by Crippen LogP contribution is 2.27. The molecule has 3 rings (SSSR count). The maximum Gasteiger partial charge on any atom is 0.162 e. The molecular weight excluding hydrogens is 368 g/mol. The van der Waals surface area contributed by atoms with Crippen molar-refractivity contribution in [2.45, 2.75) is 40.0 Å². The van der Waals surface area contributed by atoms with Gasteiger partial charge < -0.3 is 10.6 Å². The third-order valence-electron chi connectivity index (χ3n) is 4.71. The third-order valence-corrected chi connectivity index (χ3v) is 5.02. The fourth-order valence-electron chi connectivity index (χ4n) is 2.98. The van der Waals surface area contributed by atoms with Crippen LogP contribution in [0.3, 0.4) is 0 Å². The number of rotatable bonds is 7. The van der Waals surface area contributed by atoms with Gasteiger partial charge >= 0.3 is 0 Å². The molecule has 0 amide bonds. The number of unbranched alkanes of at least 4 members (excludes halogenated alkanes) is 2. The van der Waals surface area contributed by atoms with E-state index >= 15 is 0 Å². The second kappa shape index (κ2) is 11.6. The maximum atomic E-state index is 6.14. The number of nitrogen functional groups attached to an aromatic ring is 1. The van der Waals surface area contributed by atoms with Crippen molar-refractivity contribution in [2.75, 3.05) is 25.4 Å². The number of benzene rings is 2. The van der Waals surface area contributed by atoms with Crippen LogP contribution in [-0.4, -0.2) is 34.5 Å². The van der Waals surface area contributed by atoms with Crippen molar-refractivity contribution < 1.29 is 0 Å². The van der Waals surface area contributed by atoms with Crippen LogP contribution in [0.4, 0.5) is 5.82 Å². The first-order valence-corrected chi connectivity index (χ1v) is 10.5. The fraction of sp³-hybridized carbons (Fsp3) is 0.391. The van der Waals surface area contributed by atoms with Gasteiger partial charge in [-0.25, -0.2) is 9.97 Å². The lowest BCUT2D eigenvalue weighted by molar-refractivity contribution is 0.296. The Kier molecular flexibility index (Phi) is 9.18. The van der Waals surface area contributed by atoms with Crippen molar-refractivity contribution in [3.05, 3.63) is 53.6 Å². The van der Waals surface area contributed by atoms with Crippen LogP contribution in [-0.2, 0) is 0 Å². The van der Waals surface area contributed by atoms with Crippen LogP contribution >= 0.6 is 11.6 Å². The molecule has 0 aliphatic carbocycles. The molecule has 0 aliphatic rings. The Labute approximate surface area is 173 Å². The normalized spacial score (nSPS) is 10.8. The molecule has 5 heteroatoms. The van der Waals surface area contributed by atoms with Gasteiger partial charge in [-0.15, -0.1) is 0 Å². The fourth-order valence-corrected chi connectivity index (χ4v) is 3.20. The monoisotopic (exact) mass is 398 g/mol. The summed E-state index contributed by atoms with van der Waals surface area (Å²) in [7, 11) is 0. The summed E-state index contributed by atoms with van der Waals surface area (Å²) >= 11 is 6.14. The number of nitrogens with two attached hydrogens (primary N) is 1. The van der Waals surface area contributed by atoms with Crippen LogP contribution in [0, 0.1) is 0 Å². The first-order chi connectivity index (χ1) is 13.6. The molecule has 0 aliphatic heterocycles. The van der Waals surface area contributed by atoms with Gasteiger partial charge in [0.05, 0.1) is 10.5 Å². The molecule has 2 aromatic carbocycles. The number of anilines is 1. The number of fused-ring (bicyclic) bond motifs is 1. The van der Waals surface area contributed by atoms with Gasteiger partial charge in [0.25, 0.3) is 0 Å². The molecule has 1 heterocycles. The molecule has 3 aromatic rings. The second-order valence-electron chi connectivity index (χ2n) is 6.67. The van der Waals surface area contributed by atoms with E-state index in [4.69, 9.17) is 17.3 Å². The summed E-state index contributed by atoms with van der Waals surface area (Å²) in [6, 6.07) is 15.2. The predicted molar refractivity (Wildman–Crippen MR) is 122 cm³/mol. The summed E-state index contributed by atoms with van der Waals surface area (Å²) in [5.74, 6) is 1.04. The average molecular weight is 399 g/mol. The summed E-state index contributed by atoms with van der Waals surface area (Å²) < 4.78 is 0. The Morgan fingerprint density at radius 3 is 2.25 bits per heavy atom. The summed E-state index contributed by atoms with van der Waals surface area (Å²) in [6.07, 6.45) is 4.09. The highest BCUT2D eigenvalue weighted by atomic mass is 35.5. The first-order valence-electron chi connectivity index (χ1n) is 10.1. The van der Waals surface area contributed by atoms with E-state index in [0.29, 0.717) is 22.2 Å². The Morgan fingerprint density at radius 1 is 0.893 bits per heavy atom. The summed E-state index contributed by atoms with van der Waals surface area (Å²) in [4.78, 5) is 11.3. The molecule has 0 radical (unpaired) electrons. The number of aromatic nitrogens is 2. The number of hydrogen-bond acceptors (Lipinski definition) is 4. The van der Waals surface area contributed by atoms with Gasteiger partial charge in [-0.1, -0.05) is 81.6 Å². The molecule has 0 spiro atoms. The van der Waals surface area contributed by atoms with Crippen molar-refractivity contribution in [2.24, 2.45) is 0 Å². The maximum absolute atomic E-state index is 6.14. The minimum atomic E-state index is 0.446. The van der Waals surface area contributed by atoms with Gasteiger partial charge in [-0.3, -0.25) is 0 Å². The quantitative estimate of drug-likeness (QED) is 0.492. The molecule has 4 nitrogen and oxygen atoms in total. The Bertz CT molecular complexity index is 848. The zero-order valence-corrected chi connectivity index (χ0v) is 17.9. The molecule has 2 N–H and O–H groups in total. The number of para-hydroxylation sites is 1. The van der Waals surface area contributed by atoms with E-state index in [1.165, 1.54) is 38.9 Å². The van der Waals surface area contributed by atoms with Gasteiger partial charge in [0.15, 0.2) is 5.82 Å². The van der Waals surface area contributed by atoms with Crippen molar-refractivity contribution in [3.8, 4) is 11.4 Å². The molecule has 0 saturated heterocycles. The Balaban J connectivity index is 0.000000242. The predicted octanol–water partition coefficient (Wildman–Crippen LogP) is 6.05. The smallest absolute Gasteiger partial charge is 0.162 e. The zero-order chi connectivity index (χ0) is 20.4. The molecule has 0 unspecified atom stereocenters. The van der Waals surface area contributed by atoms with Gasteiger partial charge in [0, 0.05) is 10.9 Å². The molecule has 150 valence electrons. The molecule has 0 atom stereocenters. The summed E-state index contributed by atoms with van der Waals surface area (Å²) in [5, 5.41) is 1.36. The van der Waals surface area contributed by atoms with Crippen LogP contribution in [0.15, 0.2) is 48.5 Å². The highest BCUT2D eigenvalue weighted by Gasteiger charge is 2.09. The van der Waals surface area contributed by atoms with E-state index in [2.05, 4.69) is 35.6 Å². The van der Waals surface area contributed by atoms with Crippen LogP contribution in [0.2, 0.25) is 5.02 Å². The van der Waals surface area contributed by atoms with E-state index < -0.39 is 0 Å². The van der Waals surface area contributed by atoms with Gasteiger partial charge in [0.1, 0.15) is 5.82 Å². The molecule has 0 fully saturated rings. The first kappa shape index (κ1) is 22.1. The lowest BCUT2D eigenvalue weighted by Gasteiger charge is -2.16. The Morgan fingerprint density at radius 2 is 1.61 bits per heavy atom. The molecule has 0 saturated carbocycles. The van der Waals surface area contributed by atoms with Crippen molar-refractivity contribution in [1.82, 2.24) is 14.9 Å². The van der Waals surface area contributed by atoms with Crippen molar-refractivity contribution in [1.29, 1.82) is 0 Å². The van der Waals surface area contributed by atoms with E-state index in [-0.39, 0.29) is 0 Å². The minimum absolute atomic E-state index is 0.446. The zero-order valence-electron chi connectivity index (χ0n) is 17.2. The standard InChI is InChI=1S/C14H10ClN3.C9H21N/c15-11-8-4-7-10-12(11)17-14(18-13(10)16)9-5-2-1-3-6-9;1-4-7-8-9-10(5-2)6-3/h1-8H,(H2,16,17,18);4-9H2,1-3H3. The van der Waals surface area contributed by atoms with E-state index in [9.17, 15) is 0 Å². The van der Waals surface area contributed by atoms with E-state index in [0.717, 1.165) is 10.9 Å².